The van der Waals surface area contributed by atoms with Gasteiger partial charge in [0.25, 0.3) is 0 Å². The minimum Gasteiger partial charge on any atom is -0.343 e. The van der Waals surface area contributed by atoms with Crippen LogP contribution in [0, 0.1) is 13.8 Å². The molecule has 0 aliphatic rings. The van der Waals surface area contributed by atoms with Crippen molar-refractivity contribution < 1.29 is 4.79 Å². The number of aromatic nitrogens is 3. The maximum Gasteiger partial charge on any atom is 0.233 e. The minimum absolute atomic E-state index is 0.0997. The molecule has 29 heavy (non-hydrogen) atoms. The molecule has 5 nitrogen and oxygen atoms in total. The quantitative estimate of drug-likeness (QED) is 0.487. The van der Waals surface area contributed by atoms with E-state index in [1.54, 1.807) is 0 Å². The zero-order valence-electron chi connectivity index (χ0n) is 17.1. The number of amides is 1. The second-order valence-electron chi connectivity index (χ2n) is 6.77. The molecule has 7 heteroatoms. The molecule has 0 atom stereocenters. The van der Waals surface area contributed by atoms with Gasteiger partial charge in [0.05, 0.1) is 11.4 Å². The molecule has 0 bridgehead atoms. The van der Waals surface area contributed by atoms with Gasteiger partial charge in [-0.05, 0) is 75.2 Å². The molecule has 3 rings (SSSR count). The first-order chi connectivity index (χ1) is 13.9. The molecule has 0 unspecified atom stereocenters. The van der Waals surface area contributed by atoms with Gasteiger partial charge >= 0.3 is 0 Å². The first kappa shape index (κ1) is 21.4. The molecule has 152 valence electrons. The Kier molecular flexibility index (Phi) is 6.98. The minimum atomic E-state index is 0.0997. The molecule has 0 saturated heterocycles. The van der Waals surface area contributed by atoms with Crippen LogP contribution in [0.3, 0.4) is 0 Å². The SMILES string of the molecule is CCN(CC)C(=O)CSc1nnc(-c2ccc(Cl)cc2)n1-c1ccc(C)c(C)c1. The second kappa shape index (κ2) is 9.46. The van der Waals surface area contributed by atoms with E-state index in [1.807, 2.05) is 47.6 Å². The number of halogens is 1. The van der Waals surface area contributed by atoms with Crippen molar-refractivity contribution in [1.82, 2.24) is 19.7 Å². The van der Waals surface area contributed by atoms with Gasteiger partial charge in [-0.15, -0.1) is 10.2 Å². The molecule has 1 aromatic heterocycles. The molecule has 1 heterocycles. The largest absolute Gasteiger partial charge is 0.343 e. The van der Waals surface area contributed by atoms with E-state index in [4.69, 9.17) is 11.6 Å². The molecule has 0 saturated carbocycles. The highest BCUT2D eigenvalue weighted by molar-refractivity contribution is 7.99. The van der Waals surface area contributed by atoms with Crippen LogP contribution in [0.4, 0.5) is 0 Å². The number of hydrogen-bond acceptors (Lipinski definition) is 4. The summed E-state index contributed by atoms with van der Waals surface area (Å²) in [7, 11) is 0. The summed E-state index contributed by atoms with van der Waals surface area (Å²) in [5, 5.41) is 10.2. The molecular weight excluding hydrogens is 404 g/mol. The molecular formula is C22H25ClN4OS. The summed E-state index contributed by atoms with van der Waals surface area (Å²) in [6, 6.07) is 13.8. The summed E-state index contributed by atoms with van der Waals surface area (Å²) in [4.78, 5) is 14.3. The van der Waals surface area contributed by atoms with Crippen LogP contribution in [-0.4, -0.2) is 44.4 Å². The number of carbonyl (C=O) groups is 1. The van der Waals surface area contributed by atoms with Gasteiger partial charge in [-0.2, -0.15) is 0 Å². The summed E-state index contributed by atoms with van der Waals surface area (Å²) in [6.45, 7) is 9.56. The van der Waals surface area contributed by atoms with Gasteiger partial charge in [0.15, 0.2) is 11.0 Å². The van der Waals surface area contributed by atoms with Gasteiger partial charge in [0.1, 0.15) is 0 Å². The lowest BCUT2D eigenvalue weighted by molar-refractivity contribution is -0.127. The van der Waals surface area contributed by atoms with Crippen molar-refractivity contribution in [3.63, 3.8) is 0 Å². The lowest BCUT2D eigenvalue weighted by Gasteiger charge is -2.18. The summed E-state index contributed by atoms with van der Waals surface area (Å²) < 4.78 is 2.01. The van der Waals surface area contributed by atoms with Crippen LogP contribution < -0.4 is 0 Å². The fraction of sp³-hybridized carbons (Fsp3) is 0.318. The molecule has 0 radical (unpaired) electrons. The Balaban J connectivity index is 2.01. The third-order valence-corrected chi connectivity index (χ3v) is 6.09. The average molecular weight is 429 g/mol. The number of hydrogen-bond donors (Lipinski definition) is 0. The van der Waals surface area contributed by atoms with E-state index in [0.29, 0.717) is 29.0 Å². The van der Waals surface area contributed by atoms with Crippen LogP contribution in [0.2, 0.25) is 5.02 Å². The summed E-state index contributed by atoms with van der Waals surface area (Å²) >= 11 is 7.46. The van der Waals surface area contributed by atoms with Crippen LogP contribution in [-0.2, 0) is 4.79 Å². The van der Waals surface area contributed by atoms with Crippen molar-refractivity contribution in [2.75, 3.05) is 18.8 Å². The van der Waals surface area contributed by atoms with Crippen LogP contribution in [0.1, 0.15) is 25.0 Å². The Morgan fingerprint density at radius 1 is 1.03 bits per heavy atom. The Labute approximate surface area is 181 Å². The zero-order valence-corrected chi connectivity index (χ0v) is 18.7. The standard InChI is InChI=1S/C22H25ClN4OS/c1-5-26(6-2)20(28)14-29-22-25-24-21(17-8-10-18(23)11-9-17)27(22)19-12-7-15(3)16(4)13-19/h7-13H,5-6,14H2,1-4H3. The topological polar surface area (TPSA) is 51.0 Å². The average Bonchev–Trinajstić information content (AvgIpc) is 3.14. The highest BCUT2D eigenvalue weighted by atomic mass is 35.5. The van der Waals surface area contributed by atoms with Crippen LogP contribution >= 0.6 is 23.4 Å². The van der Waals surface area contributed by atoms with Gasteiger partial charge in [0, 0.05) is 23.7 Å². The number of carbonyl (C=O) groups excluding carboxylic acids is 1. The molecule has 0 aliphatic carbocycles. The molecule has 0 aliphatic heterocycles. The molecule has 3 aromatic rings. The predicted octanol–water partition coefficient (Wildman–Crippen LogP) is 5.17. The third kappa shape index (κ3) is 4.82. The van der Waals surface area contributed by atoms with Gasteiger partial charge in [0.2, 0.25) is 5.91 Å². The van der Waals surface area contributed by atoms with Crippen molar-refractivity contribution in [3.8, 4) is 17.1 Å². The van der Waals surface area contributed by atoms with Gasteiger partial charge < -0.3 is 4.90 Å². The summed E-state index contributed by atoms with van der Waals surface area (Å²) in [5.74, 6) is 1.15. The Hall–Kier alpha value is -2.31. The summed E-state index contributed by atoms with van der Waals surface area (Å²) in [6.07, 6.45) is 0. The number of rotatable bonds is 7. The molecule has 1 amide bonds. The highest BCUT2D eigenvalue weighted by Gasteiger charge is 2.19. The number of thioether (sulfide) groups is 1. The van der Waals surface area contributed by atoms with E-state index in [0.717, 1.165) is 17.1 Å². The van der Waals surface area contributed by atoms with Crippen molar-refractivity contribution in [2.24, 2.45) is 0 Å². The van der Waals surface area contributed by atoms with Crippen LogP contribution in [0.5, 0.6) is 0 Å². The van der Waals surface area contributed by atoms with Crippen LogP contribution in [0.15, 0.2) is 47.6 Å². The maximum atomic E-state index is 12.5. The number of nitrogens with zero attached hydrogens (tertiary/aromatic N) is 4. The van der Waals surface area contributed by atoms with Crippen molar-refractivity contribution >= 4 is 29.3 Å². The molecule has 0 fully saturated rings. The first-order valence-corrected chi connectivity index (χ1v) is 11.0. The van der Waals surface area contributed by atoms with E-state index in [-0.39, 0.29) is 5.91 Å². The van der Waals surface area contributed by atoms with Gasteiger partial charge in [-0.3, -0.25) is 9.36 Å². The molecule has 0 N–H and O–H groups in total. The lowest BCUT2D eigenvalue weighted by Crippen LogP contribution is -2.31. The number of benzene rings is 2. The second-order valence-corrected chi connectivity index (χ2v) is 8.15. The monoisotopic (exact) mass is 428 g/mol. The lowest BCUT2D eigenvalue weighted by atomic mass is 10.1. The normalized spacial score (nSPS) is 10.9. The summed E-state index contributed by atoms with van der Waals surface area (Å²) in [5.41, 5.74) is 4.30. The van der Waals surface area contributed by atoms with E-state index in [9.17, 15) is 4.79 Å². The van der Waals surface area contributed by atoms with E-state index < -0.39 is 0 Å². The Morgan fingerprint density at radius 3 is 2.34 bits per heavy atom. The Bertz CT molecular complexity index is 997. The third-order valence-electron chi connectivity index (χ3n) is 4.93. The van der Waals surface area contributed by atoms with E-state index in [2.05, 4.69) is 42.2 Å². The Morgan fingerprint density at radius 2 is 1.72 bits per heavy atom. The van der Waals surface area contributed by atoms with Gasteiger partial charge in [-0.25, -0.2) is 0 Å². The molecule has 2 aromatic carbocycles. The smallest absolute Gasteiger partial charge is 0.233 e. The van der Waals surface area contributed by atoms with Crippen molar-refractivity contribution in [1.29, 1.82) is 0 Å². The maximum absolute atomic E-state index is 12.5. The van der Waals surface area contributed by atoms with E-state index >= 15 is 0 Å². The number of aryl methyl sites for hydroxylation is 2. The van der Waals surface area contributed by atoms with Crippen molar-refractivity contribution in [2.45, 2.75) is 32.9 Å². The van der Waals surface area contributed by atoms with E-state index in [1.165, 1.54) is 22.9 Å². The fourth-order valence-electron chi connectivity index (χ4n) is 3.04. The molecule has 0 spiro atoms. The highest BCUT2D eigenvalue weighted by Crippen LogP contribution is 2.29. The predicted molar refractivity (Wildman–Crippen MR) is 120 cm³/mol. The first-order valence-electron chi connectivity index (χ1n) is 9.64. The van der Waals surface area contributed by atoms with Gasteiger partial charge in [-0.1, -0.05) is 29.4 Å². The fourth-order valence-corrected chi connectivity index (χ4v) is 4.02. The van der Waals surface area contributed by atoms with Crippen LogP contribution in [0.25, 0.3) is 17.1 Å². The zero-order chi connectivity index (χ0) is 21.0. The van der Waals surface area contributed by atoms with Crippen molar-refractivity contribution in [3.05, 3.63) is 58.6 Å².